The summed E-state index contributed by atoms with van der Waals surface area (Å²) in [6.07, 6.45) is 4.58. The number of aryl methyl sites for hydroxylation is 2. The SMILES string of the molecule is CC(c1ccccc1F)N(C)C(=O)c1cc2c(s1)CCCC2. The van der Waals surface area contributed by atoms with E-state index in [0.717, 1.165) is 17.7 Å². The zero-order valence-corrected chi connectivity index (χ0v) is 13.8. The largest absolute Gasteiger partial charge is 0.334 e. The lowest BCUT2D eigenvalue weighted by Gasteiger charge is -2.25. The van der Waals surface area contributed by atoms with Crippen molar-refractivity contribution in [2.45, 2.75) is 38.6 Å². The van der Waals surface area contributed by atoms with Gasteiger partial charge in [0.15, 0.2) is 0 Å². The summed E-state index contributed by atoms with van der Waals surface area (Å²) in [5.74, 6) is -0.282. The van der Waals surface area contributed by atoms with Gasteiger partial charge in [-0.05, 0) is 50.3 Å². The van der Waals surface area contributed by atoms with Gasteiger partial charge in [0.1, 0.15) is 5.82 Å². The Kier molecular flexibility index (Phi) is 4.30. The van der Waals surface area contributed by atoms with Crippen molar-refractivity contribution in [1.82, 2.24) is 4.90 Å². The fourth-order valence-electron chi connectivity index (χ4n) is 2.97. The second-order valence-electron chi connectivity index (χ2n) is 5.88. The molecule has 0 fully saturated rings. The van der Waals surface area contributed by atoms with Crippen LogP contribution in [0, 0.1) is 5.82 Å². The minimum absolute atomic E-state index is 0.0184. The Bertz CT molecular complexity index is 671. The smallest absolute Gasteiger partial charge is 0.264 e. The maximum Gasteiger partial charge on any atom is 0.264 e. The normalized spacial score (nSPS) is 15.2. The molecule has 2 aromatic rings. The second kappa shape index (κ2) is 6.21. The molecular formula is C18H20FNOS. The monoisotopic (exact) mass is 317 g/mol. The van der Waals surface area contributed by atoms with Crippen LogP contribution >= 0.6 is 11.3 Å². The first-order chi connectivity index (χ1) is 10.6. The maximum absolute atomic E-state index is 13.9. The predicted octanol–water partition coefficient (Wildman–Crippen LogP) is 4.60. The van der Waals surface area contributed by atoms with Crippen LogP contribution in [0.25, 0.3) is 0 Å². The highest BCUT2D eigenvalue weighted by molar-refractivity contribution is 7.14. The number of benzene rings is 1. The number of carbonyl (C=O) groups is 1. The highest BCUT2D eigenvalue weighted by atomic mass is 32.1. The van der Waals surface area contributed by atoms with E-state index in [1.165, 1.54) is 29.3 Å². The Morgan fingerprint density at radius 1 is 1.27 bits per heavy atom. The summed E-state index contributed by atoms with van der Waals surface area (Å²) in [5, 5.41) is 0. The highest BCUT2D eigenvalue weighted by Crippen LogP contribution is 2.31. The zero-order chi connectivity index (χ0) is 15.7. The second-order valence-corrected chi connectivity index (χ2v) is 7.02. The molecule has 1 aromatic carbocycles. The van der Waals surface area contributed by atoms with E-state index in [-0.39, 0.29) is 17.8 Å². The van der Waals surface area contributed by atoms with Crippen LogP contribution in [0.4, 0.5) is 4.39 Å². The average Bonchev–Trinajstić information content (AvgIpc) is 2.97. The summed E-state index contributed by atoms with van der Waals surface area (Å²) in [6.45, 7) is 1.86. The molecule has 0 bridgehead atoms. The zero-order valence-electron chi connectivity index (χ0n) is 12.9. The highest BCUT2D eigenvalue weighted by Gasteiger charge is 2.24. The van der Waals surface area contributed by atoms with Crippen LogP contribution in [0.5, 0.6) is 0 Å². The van der Waals surface area contributed by atoms with Crippen molar-refractivity contribution in [2.24, 2.45) is 0 Å². The average molecular weight is 317 g/mol. The molecule has 1 aliphatic rings. The third kappa shape index (κ3) is 2.80. The first-order valence-corrected chi connectivity index (χ1v) is 8.52. The van der Waals surface area contributed by atoms with Crippen LogP contribution in [-0.4, -0.2) is 17.9 Å². The molecule has 0 spiro atoms. The molecule has 2 nitrogen and oxygen atoms in total. The number of nitrogens with zero attached hydrogens (tertiary/aromatic N) is 1. The summed E-state index contributed by atoms with van der Waals surface area (Å²) in [6, 6.07) is 8.40. The molecule has 1 amide bonds. The van der Waals surface area contributed by atoms with Crippen LogP contribution in [0.1, 0.15) is 51.5 Å². The number of hydrogen-bond donors (Lipinski definition) is 0. The van der Waals surface area contributed by atoms with E-state index in [4.69, 9.17) is 0 Å². The molecule has 1 aromatic heterocycles. The molecule has 0 N–H and O–H groups in total. The van der Waals surface area contributed by atoms with Crippen molar-refractivity contribution < 1.29 is 9.18 Å². The lowest BCUT2D eigenvalue weighted by atomic mass is 9.99. The van der Waals surface area contributed by atoms with Crippen LogP contribution in [0.3, 0.4) is 0 Å². The Hall–Kier alpha value is -1.68. The van der Waals surface area contributed by atoms with Gasteiger partial charge in [0, 0.05) is 17.5 Å². The fourth-order valence-corrected chi connectivity index (χ4v) is 4.20. The van der Waals surface area contributed by atoms with E-state index in [0.29, 0.717) is 5.56 Å². The van der Waals surface area contributed by atoms with Gasteiger partial charge in [-0.15, -0.1) is 11.3 Å². The Balaban J connectivity index is 1.82. The first-order valence-electron chi connectivity index (χ1n) is 7.71. The lowest BCUT2D eigenvalue weighted by molar-refractivity contribution is 0.0745. The molecule has 0 saturated heterocycles. The molecular weight excluding hydrogens is 297 g/mol. The first kappa shape index (κ1) is 15.2. The molecule has 0 aliphatic heterocycles. The number of rotatable bonds is 3. The molecule has 22 heavy (non-hydrogen) atoms. The van der Waals surface area contributed by atoms with Crippen molar-refractivity contribution >= 4 is 17.2 Å². The van der Waals surface area contributed by atoms with Gasteiger partial charge in [-0.1, -0.05) is 18.2 Å². The van der Waals surface area contributed by atoms with Crippen LogP contribution in [-0.2, 0) is 12.8 Å². The predicted molar refractivity (Wildman–Crippen MR) is 87.9 cm³/mol. The van der Waals surface area contributed by atoms with Crippen LogP contribution in [0.2, 0.25) is 0 Å². The lowest BCUT2D eigenvalue weighted by Crippen LogP contribution is -2.29. The van der Waals surface area contributed by atoms with E-state index in [2.05, 4.69) is 0 Å². The number of fused-ring (bicyclic) bond motifs is 1. The van der Waals surface area contributed by atoms with Crippen molar-refractivity contribution in [3.05, 3.63) is 57.0 Å². The Morgan fingerprint density at radius 3 is 2.73 bits per heavy atom. The van der Waals surface area contributed by atoms with Gasteiger partial charge in [-0.3, -0.25) is 4.79 Å². The summed E-state index contributed by atoms with van der Waals surface area (Å²) in [5.41, 5.74) is 1.88. The van der Waals surface area contributed by atoms with E-state index in [1.807, 2.05) is 13.0 Å². The third-order valence-electron chi connectivity index (χ3n) is 4.46. The van der Waals surface area contributed by atoms with Gasteiger partial charge in [-0.2, -0.15) is 0 Å². The topological polar surface area (TPSA) is 20.3 Å². The molecule has 1 aliphatic carbocycles. The quantitative estimate of drug-likeness (QED) is 0.810. The molecule has 0 radical (unpaired) electrons. The van der Waals surface area contributed by atoms with E-state index >= 15 is 0 Å². The summed E-state index contributed by atoms with van der Waals surface area (Å²) >= 11 is 1.60. The van der Waals surface area contributed by atoms with Crippen molar-refractivity contribution in [2.75, 3.05) is 7.05 Å². The number of carbonyl (C=O) groups excluding carboxylic acids is 1. The van der Waals surface area contributed by atoms with Gasteiger partial charge in [-0.25, -0.2) is 4.39 Å². The Morgan fingerprint density at radius 2 is 2.00 bits per heavy atom. The van der Waals surface area contributed by atoms with E-state index in [1.54, 1.807) is 41.5 Å². The van der Waals surface area contributed by atoms with Crippen LogP contribution in [0.15, 0.2) is 30.3 Å². The minimum atomic E-state index is -0.284. The van der Waals surface area contributed by atoms with Crippen molar-refractivity contribution in [1.29, 1.82) is 0 Å². The van der Waals surface area contributed by atoms with Gasteiger partial charge in [0.05, 0.1) is 10.9 Å². The van der Waals surface area contributed by atoms with Crippen LogP contribution < -0.4 is 0 Å². The molecule has 1 heterocycles. The molecule has 0 saturated carbocycles. The number of halogens is 1. The van der Waals surface area contributed by atoms with Crippen molar-refractivity contribution in [3.8, 4) is 0 Å². The summed E-state index contributed by atoms with van der Waals surface area (Å²) in [7, 11) is 1.75. The van der Waals surface area contributed by atoms with E-state index in [9.17, 15) is 9.18 Å². The fraction of sp³-hybridized carbons (Fsp3) is 0.389. The maximum atomic E-state index is 13.9. The molecule has 1 unspecified atom stereocenters. The van der Waals surface area contributed by atoms with Gasteiger partial charge in [0.25, 0.3) is 5.91 Å². The van der Waals surface area contributed by atoms with Gasteiger partial charge < -0.3 is 4.90 Å². The van der Waals surface area contributed by atoms with Gasteiger partial charge >= 0.3 is 0 Å². The molecule has 116 valence electrons. The van der Waals surface area contributed by atoms with E-state index < -0.39 is 0 Å². The summed E-state index contributed by atoms with van der Waals surface area (Å²) < 4.78 is 13.9. The molecule has 1 atom stereocenters. The molecule has 3 rings (SSSR count). The third-order valence-corrected chi connectivity index (χ3v) is 5.69. The van der Waals surface area contributed by atoms with Crippen molar-refractivity contribution in [3.63, 3.8) is 0 Å². The summed E-state index contributed by atoms with van der Waals surface area (Å²) in [4.78, 5) is 16.5. The Labute approximate surface area is 134 Å². The minimum Gasteiger partial charge on any atom is -0.334 e. The number of thiophene rings is 1. The number of hydrogen-bond acceptors (Lipinski definition) is 2. The molecule has 4 heteroatoms. The number of amides is 1. The van der Waals surface area contributed by atoms with Gasteiger partial charge in [0.2, 0.25) is 0 Å². The standard InChI is InChI=1S/C18H20FNOS/c1-12(14-8-4-5-9-15(14)19)20(2)18(21)17-11-13-7-3-6-10-16(13)22-17/h4-5,8-9,11-12H,3,6-7,10H2,1-2H3.